The normalized spacial score (nSPS) is 38.3. The third kappa shape index (κ3) is 5.06. The molecule has 0 amide bonds. The van der Waals surface area contributed by atoms with Gasteiger partial charge in [-0.25, -0.2) is 4.39 Å². The van der Waals surface area contributed by atoms with Gasteiger partial charge in [-0.3, -0.25) is 0 Å². The van der Waals surface area contributed by atoms with Gasteiger partial charge in [0.2, 0.25) is 0 Å². The van der Waals surface area contributed by atoms with Crippen LogP contribution < -0.4 is 0 Å². The summed E-state index contributed by atoms with van der Waals surface area (Å²) in [6, 6.07) is 5.53. The maximum Gasteiger partial charge on any atom is 0.123 e. The smallest absolute Gasteiger partial charge is 0.123 e. The number of halogens is 1. The number of aryl methyl sites for hydroxylation is 1. The predicted molar refractivity (Wildman–Crippen MR) is 129 cm³/mol. The van der Waals surface area contributed by atoms with Gasteiger partial charge >= 0.3 is 0 Å². The van der Waals surface area contributed by atoms with Crippen molar-refractivity contribution in [2.45, 2.75) is 110 Å². The van der Waals surface area contributed by atoms with E-state index in [4.69, 9.17) is 0 Å². The van der Waals surface area contributed by atoms with Crippen molar-refractivity contribution in [1.82, 2.24) is 0 Å². The second-order valence-corrected chi connectivity index (χ2v) is 12.0. The first kappa shape index (κ1) is 22.0. The van der Waals surface area contributed by atoms with Gasteiger partial charge in [-0.05, 0) is 142 Å². The summed E-state index contributed by atoms with van der Waals surface area (Å²) in [5, 5.41) is 0. The zero-order chi connectivity index (χ0) is 21.2. The topological polar surface area (TPSA) is 0 Å². The third-order valence-corrected chi connectivity index (χ3v) is 10.3. The Balaban J connectivity index is 1.09. The van der Waals surface area contributed by atoms with Crippen molar-refractivity contribution < 1.29 is 4.39 Å². The van der Waals surface area contributed by atoms with Gasteiger partial charge in [-0.15, -0.1) is 0 Å². The first-order valence-corrected chi connectivity index (χ1v) is 14.0. The monoisotopic (exact) mass is 424 g/mol. The minimum atomic E-state index is -0.0538. The second kappa shape index (κ2) is 9.96. The van der Waals surface area contributed by atoms with E-state index in [2.05, 4.69) is 13.0 Å². The zero-order valence-corrected chi connectivity index (χ0v) is 20.0. The van der Waals surface area contributed by atoms with Crippen LogP contribution in [0.3, 0.4) is 0 Å². The molecule has 0 bridgehead atoms. The Morgan fingerprint density at radius 3 is 2.13 bits per heavy atom. The average Bonchev–Trinajstić information content (AvgIpc) is 2.82. The number of unbranched alkanes of at least 4 members (excludes halogenated alkanes) is 1. The zero-order valence-electron chi connectivity index (χ0n) is 20.0. The second-order valence-electron chi connectivity index (χ2n) is 12.0. The minimum Gasteiger partial charge on any atom is -0.207 e. The van der Waals surface area contributed by atoms with Crippen molar-refractivity contribution in [2.24, 2.45) is 41.4 Å². The maximum atomic E-state index is 13.5. The van der Waals surface area contributed by atoms with Crippen LogP contribution in [0.4, 0.5) is 4.39 Å². The molecule has 0 spiro atoms. The molecule has 1 aromatic carbocycles. The molecule has 4 aliphatic rings. The Morgan fingerprint density at radius 2 is 1.35 bits per heavy atom. The van der Waals surface area contributed by atoms with E-state index in [0.29, 0.717) is 0 Å². The lowest BCUT2D eigenvalue weighted by atomic mass is 9.60. The lowest BCUT2D eigenvalue weighted by molar-refractivity contribution is 0.0528. The highest BCUT2D eigenvalue weighted by Crippen LogP contribution is 2.50. The van der Waals surface area contributed by atoms with Crippen LogP contribution in [0.15, 0.2) is 18.2 Å². The summed E-state index contributed by atoms with van der Waals surface area (Å²) in [7, 11) is 0. The summed E-state index contributed by atoms with van der Waals surface area (Å²) in [4.78, 5) is 0. The lowest BCUT2D eigenvalue weighted by Gasteiger charge is -2.46. The van der Waals surface area contributed by atoms with Gasteiger partial charge in [0.05, 0.1) is 0 Å². The molecule has 5 unspecified atom stereocenters. The lowest BCUT2D eigenvalue weighted by Crippen LogP contribution is -2.35. The van der Waals surface area contributed by atoms with Gasteiger partial charge in [-0.2, -0.15) is 0 Å². The molecule has 0 nitrogen and oxygen atoms in total. The van der Waals surface area contributed by atoms with Crippen LogP contribution in [0.25, 0.3) is 0 Å². The van der Waals surface area contributed by atoms with Crippen LogP contribution in [0.2, 0.25) is 0 Å². The third-order valence-electron chi connectivity index (χ3n) is 10.3. The SMILES string of the molecule is CCCCC1CCC2CC(C3CCC(C4CCc5cc(F)ccc5C4)CC3)CCC2C1. The molecule has 1 heteroatoms. The molecule has 0 aliphatic heterocycles. The van der Waals surface area contributed by atoms with Crippen molar-refractivity contribution in [3.63, 3.8) is 0 Å². The molecule has 0 saturated heterocycles. The highest BCUT2D eigenvalue weighted by Gasteiger charge is 2.39. The standard InChI is InChI=1S/C30H45F/c1-2-3-4-21-5-6-27-18-25(12-11-24(27)17-21)22-7-9-23(10-8-22)26-13-14-29-20-30(31)16-15-28(29)19-26/h15-16,20-27H,2-14,17-19H2,1H3. The molecule has 0 aromatic heterocycles. The Bertz CT molecular complexity index is 715. The van der Waals surface area contributed by atoms with Gasteiger partial charge in [0.25, 0.3) is 0 Å². The van der Waals surface area contributed by atoms with Crippen LogP contribution in [0.5, 0.6) is 0 Å². The number of fused-ring (bicyclic) bond motifs is 2. The van der Waals surface area contributed by atoms with E-state index in [0.717, 1.165) is 47.8 Å². The summed E-state index contributed by atoms with van der Waals surface area (Å²) in [5.41, 5.74) is 2.72. The Hall–Kier alpha value is -0.850. The molecule has 172 valence electrons. The van der Waals surface area contributed by atoms with Crippen molar-refractivity contribution in [3.05, 3.63) is 35.1 Å². The molecule has 31 heavy (non-hydrogen) atoms. The van der Waals surface area contributed by atoms with Gasteiger partial charge in [0.15, 0.2) is 0 Å². The van der Waals surface area contributed by atoms with Crippen LogP contribution in [0.1, 0.15) is 108 Å². The fourth-order valence-electron chi connectivity index (χ4n) is 8.45. The molecule has 0 N–H and O–H groups in total. The molecule has 4 aliphatic carbocycles. The molecule has 1 aromatic rings. The number of hydrogen-bond donors (Lipinski definition) is 0. The van der Waals surface area contributed by atoms with E-state index >= 15 is 0 Å². The largest absolute Gasteiger partial charge is 0.207 e. The van der Waals surface area contributed by atoms with E-state index in [9.17, 15) is 4.39 Å². The van der Waals surface area contributed by atoms with Gasteiger partial charge < -0.3 is 0 Å². The summed E-state index contributed by atoms with van der Waals surface area (Å²) >= 11 is 0. The maximum absolute atomic E-state index is 13.5. The van der Waals surface area contributed by atoms with Crippen molar-refractivity contribution in [1.29, 1.82) is 0 Å². The predicted octanol–water partition coefficient (Wildman–Crippen LogP) is 8.76. The molecular formula is C30H45F. The summed E-state index contributed by atoms with van der Waals surface area (Å²) < 4.78 is 13.5. The summed E-state index contributed by atoms with van der Waals surface area (Å²) in [6.45, 7) is 2.35. The average molecular weight is 425 g/mol. The number of hydrogen-bond acceptors (Lipinski definition) is 0. The van der Waals surface area contributed by atoms with E-state index < -0.39 is 0 Å². The van der Waals surface area contributed by atoms with E-state index in [1.807, 2.05) is 0 Å². The molecule has 0 heterocycles. The minimum absolute atomic E-state index is 0.0538. The van der Waals surface area contributed by atoms with Gasteiger partial charge in [-0.1, -0.05) is 38.7 Å². The van der Waals surface area contributed by atoms with E-state index in [1.54, 1.807) is 44.2 Å². The molecule has 5 atom stereocenters. The highest BCUT2D eigenvalue weighted by molar-refractivity contribution is 5.30. The quantitative estimate of drug-likeness (QED) is 0.443. The Kier molecular flexibility index (Phi) is 7.06. The van der Waals surface area contributed by atoms with Crippen LogP contribution in [0, 0.1) is 47.2 Å². The molecule has 0 radical (unpaired) electrons. The van der Waals surface area contributed by atoms with Crippen LogP contribution >= 0.6 is 0 Å². The van der Waals surface area contributed by atoms with Crippen LogP contribution in [-0.2, 0) is 12.8 Å². The van der Waals surface area contributed by atoms with Gasteiger partial charge in [0, 0.05) is 0 Å². The van der Waals surface area contributed by atoms with Crippen LogP contribution in [-0.4, -0.2) is 0 Å². The van der Waals surface area contributed by atoms with Crippen molar-refractivity contribution >= 4 is 0 Å². The Morgan fingerprint density at radius 1 is 0.710 bits per heavy atom. The summed E-state index contributed by atoms with van der Waals surface area (Å²) in [6.07, 6.45) is 23.2. The molecular weight excluding hydrogens is 379 g/mol. The highest BCUT2D eigenvalue weighted by atomic mass is 19.1. The van der Waals surface area contributed by atoms with E-state index in [-0.39, 0.29) is 5.82 Å². The fraction of sp³-hybridized carbons (Fsp3) is 0.800. The molecule has 3 fully saturated rings. The molecule has 5 rings (SSSR count). The molecule has 3 saturated carbocycles. The van der Waals surface area contributed by atoms with E-state index in [1.165, 1.54) is 75.3 Å². The summed E-state index contributed by atoms with van der Waals surface area (Å²) in [5.74, 6) is 7.02. The van der Waals surface area contributed by atoms with Crippen molar-refractivity contribution in [2.75, 3.05) is 0 Å². The number of rotatable bonds is 5. The number of benzene rings is 1. The first-order valence-electron chi connectivity index (χ1n) is 14.0. The van der Waals surface area contributed by atoms with Gasteiger partial charge in [0.1, 0.15) is 5.82 Å². The fourth-order valence-corrected chi connectivity index (χ4v) is 8.45. The Labute approximate surface area is 190 Å². The van der Waals surface area contributed by atoms with Crippen molar-refractivity contribution in [3.8, 4) is 0 Å². The first-order chi connectivity index (χ1) is 15.2.